The lowest BCUT2D eigenvalue weighted by molar-refractivity contribution is -0.137. The van der Waals surface area contributed by atoms with Crippen molar-refractivity contribution in [3.8, 4) is 22.9 Å². The first kappa shape index (κ1) is 17.2. The molecule has 2 rings (SSSR count). The Morgan fingerprint density at radius 1 is 0.870 bits per heavy atom. The van der Waals surface area contributed by atoms with E-state index in [9.17, 15) is 0 Å². The summed E-state index contributed by atoms with van der Waals surface area (Å²) in [5, 5.41) is 8.55. The summed E-state index contributed by atoms with van der Waals surface area (Å²) >= 11 is 0. The fraction of sp³-hybridized carbons (Fsp3) is 0.444. The van der Waals surface area contributed by atoms with Crippen LogP contribution in [0.15, 0.2) is 36.7 Å². The van der Waals surface area contributed by atoms with Crippen LogP contribution in [0.1, 0.15) is 45.4 Å². The molecule has 0 fully saturated rings. The Hall–Kier alpha value is -2.14. The van der Waals surface area contributed by atoms with Gasteiger partial charge >= 0.3 is 0 Å². The van der Waals surface area contributed by atoms with Gasteiger partial charge in [0, 0.05) is 5.56 Å². The second kappa shape index (κ2) is 9.79. The lowest BCUT2D eigenvalue weighted by atomic mass is 10.1. The maximum atomic E-state index is 8.55. The maximum Gasteiger partial charge on any atom is 0.165 e. The van der Waals surface area contributed by atoms with Crippen LogP contribution < -0.4 is 9.62 Å². The smallest absolute Gasteiger partial charge is 0.165 e. The third-order valence-corrected chi connectivity index (χ3v) is 3.61. The molecule has 0 radical (unpaired) electrons. The van der Waals surface area contributed by atoms with E-state index in [0.717, 1.165) is 12.0 Å². The van der Waals surface area contributed by atoms with Crippen LogP contribution in [0, 0.1) is 0 Å². The molecule has 0 aliphatic carbocycles. The molecule has 1 aromatic carbocycles. The fourth-order valence-electron chi connectivity index (χ4n) is 2.28. The van der Waals surface area contributed by atoms with Crippen molar-refractivity contribution in [2.45, 2.75) is 45.4 Å². The second-order valence-corrected chi connectivity index (χ2v) is 5.47. The number of ether oxygens (including phenoxy) is 1. The molecule has 5 heteroatoms. The largest absolute Gasteiger partial charge is 0.490 e. The molecule has 0 unspecified atom stereocenters. The van der Waals surface area contributed by atoms with E-state index in [1.165, 1.54) is 32.1 Å². The van der Waals surface area contributed by atoms with E-state index < -0.39 is 0 Å². The molecule has 23 heavy (non-hydrogen) atoms. The molecule has 0 amide bonds. The third kappa shape index (κ3) is 5.87. The molecule has 0 bridgehead atoms. The third-order valence-electron chi connectivity index (χ3n) is 3.61. The van der Waals surface area contributed by atoms with Gasteiger partial charge in [0.1, 0.15) is 0 Å². The average Bonchev–Trinajstić information content (AvgIpc) is 2.61. The minimum atomic E-state index is 0.382. The number of nitrogens with zero attached hydrogens (tertiary/aromatic N) is 2. The molecule has 124 valence electrons. The van der Waals surface area contributed by atoms with Gasteiger partial charge in [0.2, 0.25) is 0 Å². The van der Waals surface area contributed by atoms with E-state index in [-0.39, 0.29) is 0 Å². The van der Waals surface area contributed by atoms with Gasteiger partial charge in [-0.05, 0) is 30.7 Å². The number of rotatable bonds is 10. The normalized spacial score (nSPS) is 10.5. The van der Waals surface area contributed by atoms with Crippen LogP contribution >= 0.6 is 0 Å². The highest BCUT2D eigenvalue weighted by Gasteiger charge is 2.03. The summed E-state index contributed by atoms with van der Waals surface area (Å²) in [5.41, 5.74) is 0.855. The van der Waals surface area contributed by atoms with Crippen LogP contribution in [-0.4, -0.2) is 21.8 Å². The highest BCUT2D eigenvalue weighted by molar-refractivity contribution is 5.56. The second-order valence-electron chi connectivity index (χ2n) is 5.47. The lowest BCUT2D eigenvalue weighted by Crippen LogP contribution is -1.99. The minimum absolute atomic E-state index is 0.382. The van der Waals surface area contributed by atoms with Gasteiger partial charge in [-0.2, -0.15) is 0 Å². The first-order valence-corrected chi connectivity index (χ1v) is 8.20. The fourth-order valence-corrected chi connectivity index (χ4v) is 2.28. The Labute approximate surface area is 137 Å². The Balaban J connectivity index is 1.75. The summed E-state index contributed by atoms with van der Waals surface area (Å²) < 4.78 is 5.66. The number of unbranched alkanes of at least 4 members (excludes halogenated alkanes) is 5. The van der Waals surface area contributed by atoms with Crippen molar-refractivity contribution in [3.63, 3.8) is 0 Å². The Bertz CT molecular complexity index is 555. The zero-order valence-electron chi connectivity index (χ0n) is 13.6. The van der Waals surface area contributed by atoms with Gasteiger partial charge in [0.15, 0.2) is 17.3 Å². The van der Waals surface area contributed by atoms with Gasteiger partial charge in [-0.3, -0.25) is 0 Å². The van der Waals surface area contributed by atoms with Crippen LogP contribution in [0.25, 0.3) is 11.4 Å². The van der Waals surface area contributed by atoms with Gasteiger partial charge in [-0.25, -0.2) is 15.2 Å². The van der Waals surface area contributed by atoms with E-state index >= 15 is 0 Å². The lowest BCUT2D eigenvalue weighted by Gasteiger charge is -2.06. The van der Waals surface area contributed by atoms with Crippen molar-refractivity contribution in [1.82, 2.24) is 9.97 Å². The topological polar surface area (TPSA) is 64.5 Å². The zero-order valence-corrected chi connectivity index (χ0v) is 13.6. The molecule has 2 aromatic rings. The molecule has 1 heterocycles. The predicted molar refractivity (Wildman–Crippen MR) is 89.6 cm³/mol. The van der Waals surface area contributed by atoms with Crippen LogP contribution in [0.2, 0.25) is 0 Å². The van der Waals surface area contributed by atoms with E-state index in [0.29, 0.717) is 23.9 Å². The van der Waals surface area contributed by atoms with Crippen molar-refractivity contribution in [1.29, 1.82) is 0 Å². The van der Waals surface area contributed by atoms with Crippen molar-refractivity contribution in [2.75, 3.05) is 6.61 Å². The summed E-state index contributed by atoms with van der Waals surface area (Å²) in [6.07, 6.45) is 10.8. The molecule has 0 aliphatic heterocycles. The van der Waals surface area contributed by atoms with Crippen molar-refractivity contribution in [3.05, 3.63) is 36.7 Å². The van der Waals surface area contributed by atoms with Crippen LogP contribution in [0.3, 0.4) is 0 Å². The van der Waals surface area contributed by atoms with Gasteiger partial charge in [0.05, 0.1) is 19.0 Å². The van der Waals surface area contributed by atoms with Crippen molar-refractivity contribution in [2.24, 2.45) is 0 Å². The van der Waals surface area contributed by atoms with Crippen LogP contribution in [-0.2, 0) is 0 Å². The zero-order chi connectivity index (χ0) is 16.3. The number of hydrogen-bond donors (Lipinski definition) is 1. The Morgan fingerprint density at radius 3 is 2.17 bits per heavy atom. The number of benzene rings is 1. The molecule has 0 saturated heterocycles. The SMILES string of the molecule is CCCCCCCCOc1cnc(-c2ccc(OO)cc2)nc1. The van der Waals surface area contributed by atoms with E-state index in [4.69, 9.17) is 9.99 Å². The Morgan fingerprint density at radius 2 is 1.52 bits per heavy atom. The minimum Gasteiger partial charge on any atom is -0.490 e. The summed E-state index contributed by atoms with van der Waals surface area (Å²) in [6.45, 7) is 2.93. The van der Waals surface area contributed by atoms with E-state index in [1.807, 2.05) is 0 Å². The van der Waals surface area contributed by atoms with Gasteiger partial charge in [-0.1, -0.05) is 39.0 Å². The van der Waals surface area contributed by atoms with Crippen molar-refractivity contribution >= 4 is 0 Å². The summed E-state index contributed by atoms with van der Waals surface area (Å²) in [5.74, 6) is 1.69. The molecule has 0 atom stereocenters. The Kier molecular flexibility index (Phi) is 7.33. The van der Waals surface area contributed by atoms with Gasteiger partial charge in [-0.15, -0.1) is 0 Å². The standard InChI is InChI=1S/C18H24N2O3/c1-2-3-4-5-6-7-12-22-17-13-19-18(20-14-17)15-8-10-16(23-21)11-9-15/h8-11,13-14,21H,2-7,12H2,1H3. The molecule has 0 aliphatic rings. The number of aromatic nitrogens is 2. The molecule has 5 nitrogen and oxygen atoms in total. The summed E-state index contributed by atoms with van der Waals surface area (Å²) in [7, 11) is 0. The highest BCUT2D eigenvalue weighted by atomic mass is 17.1. The molecule has 0 spiro atoms. The van der Waals surface area contributed by atoms with Crippen LogP contribution in [0.5, 0.6) is 11.5 Å². The van der Waals surface area contributed by atoms with Crippen molar-refractivity contribution < 1.29 is 14.9 Å². The molecule has 1 aromatic heterocycles. The maximum absolute atomic E-state index is 8.55. The van der Waals surface area contributed by atoms with E-state index in [1.54, 1.807) is 36.7 Å². The molecular formula is C18H24N2O3. The van der Waals surface area contributed by atoms with Gasteiger partial charge in [0.25, 0.3) is 0 Å². The summed E-state index contributed by atoms with van der Waals surface area (Å²) in [6, 6.07) is 6.89. The quantitative estimate of drug-likeness (QED) is 0.390. The van der Waals surface area contributed by atoms with E-state index in [2.05, 4.69) is 21.8 Å². The first-order valence-electron chi connectivity index (χ1n) is 8.20. The average molecular weight is 316 g/mol. The van der Waals surface area contributed by atoms with Gasteiger partial charge < -0.3 is 9.62 Å². The molecular weight excluding hydrogens is 292 g/mol. The highest BCUT2D eigenvalue weighted by Crippen LogP contribution is 2.20. The monoisotopic (exact) mass is 316 g/mol. The molecule has 1 N–H and O–H groups in total. The molecule has 0 saturated carbocycles. The first-order chi connectivity index (χ1) is 11.3. The predicted octanol–water partition coefficient (Wildman–Crippen LogP) is 4.73. The summed E-state index contributed by atoms with van der Waals surface area (Å²) in [4.78, 5) is 12.8. The number of hydrogen-bond acceptors (Lipinski definition) is 5. The van der Waals surface area contributed by atoms with Crippen LogP contribution in [0.4, 0.5) is 0 Å².